The van der Waals surface area contributed by atoms with Gasteiger partial charge in [0, 0.05) is 28.7 Å². The molecule has 1 aliphatic rings. The standard InChI is InChI=1S/C20H22ClFN2O4.ClH/c1-20(2,8-11-3-4-12(22)5-15(11)21)23-9-17(26)14-6-13(25)7-16-19(14)28-10-18(27)24-16;/h3-7,17,23,25-26H,8-10H2,1-2H3,(H,24,27);1H. The van der Waals surface area contributed by atoms with Gasteiger partial charge in [-0.2, -0.15) is 0 Å². The van der Waals surface area contributed by atoms with Crippen LogP contribution >= 0.6 is 24.0 Å². The van der Waals surface area contributed by atoms with Crippen molar-refractivity contribution < 1.29 is 24.1 Å². The lowest BCUT2D eigenvalue weighted by Gasteiger charge is -2.29. The van der Waals surface area contributed by atoms with E-state index in [1.54, 1.807) is 6.07 Å². The quantitative estimate of drug-likeness (QED) is 0.546. The van der Waals surface area contributed by atoms with Gasteiger partial charge in [0.1, 0.15) is 17.3 Å². The van der Waals surface area contributed by atoms with Crippen molar-refractivity contribution >= 4 is 35.6 Å². The average Bonchev–Trinajstić information content (AvgIpc) is 2.61. The second kappa shape index (κ2) is 9.17. The summed E-state index contributed by atoms with van der Waals surface area (Å²) in [6, 6.07) is 7.05. The largest absolute Gasteiger partial charge is 0.508 e. The van der Waals surface area contributed by atoms with E-state index in [0.717, 1.165) is 5.56 Å². The van der Waals surface area contributed by atoms with Crippen LogP contribution in [0.2, 0.25) is 5.02 Å². The Bertz CT molecular complexity index is 908. The van der Waals surface area contributed by atoms with Crippen LogP contribution in [-0.2, 0) is 11.2 Å². The molecule has 0 saturated heterocycles. The molecular weight excluding hydrogens is 422 g/mol. The number of benzene rings is 2. The van der Waals surface area contributed by atoms with Crippen molar-refractivity contribution in [1.29, 1.82) is 0 Å². The number of rotatable bonds is 6. The highest BCUT2D eigenvalue weighted by Crippen LogP contribution is 2.38. The van der Waals surface area contributed by atoms with E-state index < -0.39 is 17.5 Å². The number of aromatic hydroxyl groups is 1. The first-order valence-electron chi connectivity index (χ1n) is 8.81. The minimum Gasteiger partial charge on any atom is -0.508 e. The molecule has 3 rings (SSSR count). The zero-order valence-electron chi connectivity index (χ0n) is 16.0. The molecule has 1 unspecified atom stereocenters. The summed E-state index contributed by atoms with van der Waals surface area (Å²) in [5.41, 5.74) is 1.03. The van der Waals surface area contributed by atoms with Crippen molar-refractivity contribution in [1.82, 2.24) is 5.32 Å². The molecular formula is C20H23Cl2FN2O4. The van der Waals surface area contributed by atoms with E-state index in [0.29, 0.717) is 28.4 Å². The van der Waals surface area contributed by atoms with Crippen molar-refractivity contribution in [2.24, 2.45) is 0 Å². The number of nitrogens with one attached hydrogen (secondary N) is 2. The van der Waals surface area contributed by atoms with Gasteiger partial charge in [0.15, 0.2) is 6.61 Å². The fraction of sp³-hybridized carbons (Fsp3) is 0.350. The lowest BCUT2D eigenvalue weighted by Crippen LogP contribution is -2.43. The van der Waals surface area contributed by atoms with Gasteiger partial charge < -0.3 is 25.6 Å². The summed E-state index contributed by atoms with van der Waals surface area (Å²) in [7, 11) is 0. The molecule has 1 aliphatic heterocycles. The van der Waals surface area contributed by atoms with Gasteiger partial charge >= 0.3 is 0 Å². The smallest absolute Gasteiger partial charge is 0.262 e. The molecule has 0 spiro atoms. The molecule has 0 radical (unpaired) electrons. The van der Waals surface area contributed by atoms with Crippen LogP contribution in [0.4, 0.5) is 10.1 Å². The number of hydrogen-bond acceptors (Lipinski definition) is 5. The number of halogens is 3. The average molecular weight is 445 g/mol. The molecule has 158 valence electrons. The third kappa shape index (κ3) is 5.73. The Morgan fingerprint density at radius 3 is 2.76 bits per heavy atom. The first-order chi connectivity index (χ1) is 13.1. The van der Waals surface area contributed by atoms with Gasteiger partial charge in [0.2, 0.25) is 0 Å². The van der Waals surface area contributed by atoms with Gasteiger partial charge in [0.25, 0.3) is 5.91 Å². The fourth-order valence-electron chi connectivity index (χ4n) is 3.15. The second-order valence-electron chi connectivity index (χ2n) is 7.44. The van der Waals surface area contributed by atoms with E-state index in [2.05, 4.69) is 10.6 Å². The summed E-state index contributed by atoms with van der Waals surface area (Å²) in [6.07, 6.45) is -0.470. The van der Waals surface area contributed by atoms with Gasteiger partial charge in [-0.25, -0.2) is 4.39 Å². The van der Waals surface area contributed by atoms with Crippen molar-refractivity contribution in [3.8, 4) is 11.5 Å². The van der Waals surface area contributed by atoms with Crippen LogP contribution in [0.5, 0.6) is 11.5 Å². The van der Waals surface area contributed by atoms with Crippen LogP contribution in [0, 0.1) is 5.82 Å². The number of amides is 1. The number of ether oxygens (including phenoxy) is 1. The van der Waals surface area contributed by atoms with Gasteiger partial charge in [0.05, 0.1) is 11.8 Å². The maximum absolute atomic E-state index is 13.2. The molecule has 0 saturated carbocycles. The van der Waals surface area contributed by atoms with Crippen LogP contribution in [-0.4, -0.2) is 34.8 Å². The minimum absolute atomic E-state index is 0. The number of phenolic OH excluding ortho intramolecular Hbond substituents is 1. The van der Waals surface area contributed by atoms with Crippen molar-refractivity contribution in [2.75, 3.05) is 18.5 Å². The molecule has 9 heteroatoms. The van der Waals surface area contributed by atoms with Gasteiger partial charge in [-0.3, -0.25) is 4.79 Å². The van der Waals surface area contributed by atoms with Crippen molar-refractivity contribution in [3.63, 3.8) is 0 Å². The predicted octanol–water partition coefficient (Wildman–Crippen LogP) is 3.58. The molecule has 29 heavy (non-hydrogen) atoms. The Hall–Kier alpha value is -2.06. The van der Waals surface area contributed by atoms with Gasteiger partial charge in [-0.15, -0.1) is 12.4 Å². The monoisotopic (exact) mass is 444 g/mol. The molecule has 1 amide bonds. The number of β-amino-alcohol motifs (C(OH)–C–C–N with tert-alkyl or cyclic N) is 1. The highest BCUT2D eigenvalue weighted by Gasteiger charge is 2.26. The molecule has 0 fully saturated rings. The zero-order valence-corrected chi connectivity index (χ0v) is 17.5. The highest BCUT2D eigenvalue weighted by atomic mass is 35.5. The number of carbonyl (C=O) groups excluding carboxylic acids is 1. The van der Waals surface area contributed by atoms with E-state index in [4.69, 9.17) is 16.3 Å². The Labute approximate surface area is 179 Å². The number of aliphatic hydroxyl groups is 1. The number of phenols is 1. The Kier molecular flexibility index (Phi) is 7.35. The predicted molar refractivity (Wildman–Crippen MR) is 112 cm³/mol. The van der Waals surface area contributed by atoms with Crippen LogP contribution in [0.15, 0.2) is 30.3 Å². The molecule has 0 aromatic heterocycles. The normalized spacial score (nSPS) is 14.3. The molecule has 1 heterocycles. The molecule has 2 aromatic carbocycles. The maximum Gasteiger partial charge on any atom is 0.262 e. The Morgan fingerprint density at radius 1 is 1.34 bits per heavy atom. The summed E-state index contributed by atoms with van der Waals surface area (Å²) < 4.78 is 18.7. The number of aliphatic hydroxyl groups excluding tert-OH is 1. The van der Waals surface area contributed by atoms with E-state index in [1.165, 1.54) is 24.3 Å². The molecule has 0 bridgehead atoms. The topological polar surface area (TPSA) is 90.8 Å². The summed E-state index contributed by atoms with van der Waals surface area (Å²) in [6.45, 7) is 3.89. The van der Waals surface area contributed by atoms with E-state index in [-0.39, 0.29) is 37.2 Å². The van der Waals surface area contributed by atoms with E-state index in [1.807, 2.05) is 13.8 Å². The second-order valence-corrected chi connectivity index (χ2v) is 7.85. The molecule has 4 N–H and O–H groups in total. The minimum atomic E-state index is -0.987. The third-order valence-corrected chi connectivity index (χ3v) is 4.86. The summed E-state index contributed by atoms with van der Waals surface area (Å²) in [5.74, 6) is -0.466. The third-order valence-electron chi connectivity index (χ3n) is 4.50. The van der Waals surface area contributed by atoms with Gasteiger partial charge in [-0.05, 0) is 44.0 Å². The van der Waals surface area contributed by atoms with Gasteiger partial charge in [-0.1, -0.05) is 17.7 Å². The number of fused-ring (bicyclic) bond motifs is 1. The van der Waals surface area contributed by atoms with Crippen LogP contribution < -0.4 is 15.4 Å². The number of carbonyl (C=O) groups is 1. The summed E-state index contributed by atoms with van der Waals surface area (Å²) in [4.78, 5) is 11.5. The lowest BCUT2D eigenvalue weighted by molar-refractivity contribution is -0.118. The first-order valence-corrected chi connectivity index (χ1v) is 9.19. The fourth-order valence-corrected chi connectivity index (χ4v) is 3.38. The SMILES string of the molecule is CC(C)(Cc1ccc(F)cc1Cl)NCC(O)c1cc(O)cc2c1OCC(=O)N2.Cl. The number of hydrogen-bond donors (Lipinski definition) is 4. The van der Waals surface area contributed by atoms with Crippen LogP contribution in [0.1, 0.15) is 31.1 Å². The highest BCUT2D eigenvalue weighted by molar-refractivity contribution is 6.31. The molecule has 1 atom stereocenters. The summed E-state index contributed by atoms with van der Waals surface area (Å²) in [5, 5.41) is 26.8. The van der Waals surface area contributed by atoms with E-state index in [9.17, 15) is 19.4 Å². The lowest BCUT2D eigenvalue weighted by atomic mass is 9.94. The van der Waals surface area contributed by atoms with Crippen LogP contribution in [0.3, 0.4) is 0 Å². The molecule has 2 aromatic rings. The zero-order chi connectivity index (χ0) is 20.5. The Morgan fingerprint density at radius 2 is 2.07 bits per heavy atom. The van der Waals surface area contributed by atoms with E-state index >= 15 is 0 Å². The molecule has 6 nitrogen and oxygen atoms in total. The first kappa shape index (κ1) is 23.2. The van der Waals surface area contributed by atoms with Crippen molar-refractivity contribution in [3.05, 3.63) is 52.3 Å². The summed E-state index contributed by atoms with van der Waals surface area (Å²) >= 11 is 6.11. The van der Waals surface area contributed by atoms with Crippen molar-refractivity contribution in [2.45, 2.75) is 31.9 Å². The van der Waals surface area contributed by atoms with Crippen LogP contribution in [0.25, 0.3) is 0 Å². The Balaban J connectivity index is 0.00000300. The maximum atomic E-state index is 13.2. The number of anilines is 1. The molecule has 0 aliphatic carbocycles.